The second kappa shape index (κ2) is 8.76. The number of nitrogens with one attached hydrogen (secondary N) is 3. The van der Waals surface area contributed by atoms with Gasteiger partial charge in [-0.15, -0.1) is 0 Å². The van der Waals surface area contributed by atoms with Gasteiger partial charge in [0, 0.05) is 22.1 Å². The molecule has 0 radical (unpaired) electrons. The molecule has 28 heavy (non-hydrogen) atoms. The molecule has 1 aliphatic rings. The molecular formula is C22H26ClN5. The largest absolute Gasteiger partial charge is 0.351 e. The first-order valence-corrected chi connectivity index (χ1v) is 10.3. The van der Waals surface area contributed by atoms with Gasteiger partial charge in [0.05, 0.1) is 5.52 Å². The Bertz CT molecular complexity index is 920. The molecule has 3 aromatic rings. The van der Waals surface area contributed by atoms with Gasteiger partial charge in [0.15, 0.2) is 0 Å². The lowest BCUT2D eigenvalue weighted by atomic mass is 9.86. The maximum absolute atomic E-state index is 6.01. The van der Waals surface area contributed by atoms with E-state index in [1.807, 2.05) is 55.6 Å². The number of fused-ring (bicyclic) bond motifs is 1. The monoisotopic (exact) mass is 395 g/mol. The van der Waals surface area contributed by atoms with E-state index in [1.54, 1.807) is 0 Å². The highest BCUT2D eigenvalue weighted by molar-refractivity contribution is 6.30. The van der Waals surface area contributed by atoms with Crippen molar-refractivity contribution in [1.29, 1.82) is 0 Å². The average Bonchev–Trinajstić information content (AvgIpc) is 2.71. The minimum absolute atomic E-state index is 0.428. The third-order valence-corrected chi connectivity index (χ3v) is 5.63. The summed E-state index contributed by atoms with van der Waals surface area (Å²) in [6.07, 6.45) is 4.79. The van der Waals surface area contributed by atoms with Crippen molar-refractivity contribution < 1.29 is 0 Å². The quantitative estimate of drug-likeness (QED) is 0.534. The van der Waals surface area contributed by atoms with Crippen molar-refractivity contribution in [3.05, 3.63) is 53.6 Å². The van der Waals surface area contributed by atoms with E-state index >= 15 is 0 Å². The summed E-state index contributed by atoms with van der Waals surface area (Å²) in [5, 5.41) is 12.0. The molecular weight excluding hydrogens is 370 g/mol. The van der Waals surface area contributed by atoms with Crippen LogP contribution in [0.15, 0.2) is 48.5 Å². The predicted octanol–water partition coefficient (Wildman–Crippen LogP) is 5.22. The molecule has 0 atom stereocenters. The molecule has 5 nitrogen and oxygen atoms in total. The molecule has 2 aromatic carbocycles. The number of aromatic nitrogens is 2. The van der Waals surface area contributed by atoms with Gasteiger partial charge >= 0.3 is 0 Å². The SMILES string of the molecule is CNCC1CCC(Nc2nc(Nc3ccc(Cl)cc3)c3ccccc3n2)CC1. The van der Waals surface area contributed by atoms with E-state index in [2.05, 4.69) is 16.0 Å². The van der Waals surface area contributed by atoms with E-state index in [-0.39, 0.29) is 0 Å². The van der Waals surface area contributed by atoms with Crippen molar-refractivity contribution in [2.45, 2.75) is 31.7 Å². The second-order valence-corrected chi connectivity index (χ2v) is 7.90. The molecule has 1 heterocycles. The van der Waals surface area contributed by atoms with Gasteiger partial charge in [-0.1, -0.05) is 23.7 Å². The molecule has 6 heteroatoms. The first-order chi connectivity index (χ1) is 13.7. The van der Waals surface area contributed by atoms with E-state index < -0.39 is 0 Å². The minimum Gasteiger partial charge on any atom is -0.351 e. The van der Waals surface area contributed by atoms with E-state index in [4.69, 9.17) is 21.6 Å². The van der Waals surface area contributed by atoms with Crippen LogP contribution >= 0.6 is 11.6 Å². The molecule has 0 saturated heterocycles. The van der Waals surface area contributed by atoms with Crippen LogP contribution in [0, 0.1) is 5.92 Å². The molecule has 4 rings (SSSR count). The Hall–Kier alpha value is -2.37. The van der Waals surface area contributed by atoms with Crippen molar-refractivity contribution >= 4 is 40.0 Å². The zero-order valence-electron chi connectivity index (χ0n) is 16.1. The molecule has 0 bridgehead atoms. The van der Waals surface area contributed by atoms with Crippen LogP contribution in [0.5, 0.6) is 0 Å². The van der Waals surface area contributed by atoms with E-state index in [0.717, 1.165) is 47.7 Å². The second-order valence-electron chi connectivity index (χ2n) is 7.46. The topological polar surface area (TPSA) is 61.9 Å². The molecule has 0 amide bonds. The summed E-state index contributed by atoms with van der Waals surface area (Å²) in [7, 11) is 2.03. The highest BCUT2D eigenvalue weighted by Crippen LogP contribution is 2.29. The van der Waals surface area contributed by atoms with Gasteiger partial charge in [-0.2, -0.15) is 4.98 Å². The van der Waals surface area contributed by atoms with Crippen LogP contribution in [0.25, 0.3) is 10.9 Å². The fourth-order valence-electron chi connectivity index (χ4n) is 3.89. The smallest absolute Gasteiger partial charge is 0.225 e. The molecule has 1 aromatic heterocycles. The normalized spacial score (nSPS) is 19.5. The van der Waals surface area contributed by atoms with Crippen LogP contribution < -0.4 is 16.0 Å². The van der Waals surface area contributed by atoms with Gasteiger partial charge in [-0.05, 0) is 81.6 Å². The van der Waals surface area contributed by atoms with Crippen LogP contribution in [-0.2, 0) is 0 Å². The minimum atomic E-state index is 0.428. The fraction of sp³-hybridized carbons (Fsp3) is 0.364. The molecule has 0 spiro atoms. The Kier molecular flexibility index (Phi) is 5.93. The van der Waals surface area contributed by atoms with Gasteiger partial charge in [-0.25, -0.2) is 4.98 Å². The molecule has 0 aliphatic heterocycles. The molecule has 1 aliphatic carbocycles. The van der Waals surface area contributed by atoms with Crippen LogP contribution in [-0.4, -0.2) is 29.6 Å². The number of benzene rings is 2. The first-order valence-electron chi connectivity index (χ1n) is 9.92. The van der Waals surface area contributed by atoms with Crippen molar-refractivity contribution in [3.63, 3.8) is 0 Å². The van der Waals surface area contributed by atoms with E-state index in [1.165, 1.54) is 12.8 Å². The number of hydrogen-bond donors (Lipinski definition) is 3. The number of para-hydroxylation sites is 1. The van der Waals surface area contributed by atoms with Crippen LogP contribution in [0.4, 0.5) is 17.5 Å². The Morgan fingerprint density at radius 3 is 2.46 bits per heavy atom. The highest BCUT2D eigenvalue weighted by Gasteiger charge is 2.21. The number of hydrogen-bond acceptors (Lipinski definition) is 5. The number of rotatable bonds is 6. The van der Waals surface area contributed by atoms with E-state index in [9.17, 15) is 0 Å². The Morgan fingerprint density at radius 2 is 1.71 bits per heavy atom. The average molecular weight is 396 g/mol. The lowest BCUT2D eigenvalue weighted by molar-refractivity contribution is 0.330. The third-order valence-electron chi connectivity index (χ3n) is 5.38. The molecule has 1 fully saturated rings. The van der Waals surface area contributed by atoms with Crippen LogP contribution in [0.3, 0.4) is 0 Å². The first kappa shape index (κ1) is 19.0. The summed E-state index contributed by atoms with van der Waals surface area (Å²) in [6.45, 7) is 1.11. The van der Waals surface area contributed by atoms with Crippen molar-refractivity contribution in [3.8, 4) is 0 Å². The highest BCUT2D eigenvalue weighted by atomic mass is 35.5. The Labute approximate surface area is 170 Å². The lowest BCUT2D eigenvalue weighted by Crippen LogP contribution is -2.30. The van der Waals surface area contributed by atoms with Gasteiger partial charge in [0.1, 0.15) is 5.82 Å². The summed E-state index contributed by atoms with van der Waals surface area (Å²) >= 11 is 6.01. The summed E-state index contributed by atoms with van der Waals surface area (Å²) in [5.74, 6) is 2.27. The van der Waals surface area contributed by atoms with Gasteiger partial charge in [0.2, 0.25) is 5.95 Å². The number of halogens is 1. The zero-order chi connectivity index (χ0) is 19.3. The molecule has 146 valence electrons. The number of nitrogens with zero attached hydrogens (tertiary/aromatic N) is 2. The number of anilines is 3. The van der Waals surface area contributed by atoms with E-state index in [0.29, 0.717) is 17.0 Å². The Morgan fingerprint density at radius 1 is 0.964 bits per heavy atom. The third kappa shape index (κ3) is 4.54. The van der Waals surface area contributed by atoms with Crippen molar-refractivity contribution in [2.75, 3.05) is 24.2 Å². The predicted molar refractivity (Wildman–Crippen MR) is 118 cm³/mol. The standard InChI is InChI=1S/C22H26ClN5/c1-24-14-15-6-10-18(11-7-15)26-22-27-20-5-3-2-4-19(20)21(28-22)25-17-12-8-16(23)9-13-17/h2-5,8-9,12-13,15,18,24H,6-7,10-11,14H2,1H3,(H2,25,26,27,28). The molecule has 3 N–H and O–H groups in total. The van der Waals surface area contributed by atoms with Crippen molar-refractivity contribution in [1.82, 2.24) is 15.3 Å². The zero-order valence-corrected chi connectivity index (χ0v) is 16.8. The maximum Gasteiger partial charge on any atom is 0.225 e. The summed E-state index contributed by atoms with van der Waals surface area (Å²) in [6, 6.07) is 16.2. The van der Waals surface area contributed by atoms with Crippen molar-refractivity contribution in [2.24, 2.45) is 5.92 Å². The van der Waals surface area contributed by atoms with Crippen LogP contribution in [0.2, 0.25) is 5.02 Å². The maximum atomic E-state index is 6.01. The van der Waals surface area contributed by atoms with Gasteiger partial charge < -0.3 is 16.0 Å². The summed E-state index contributed by atoms with van der Waals surface area (Å²) < 4.78 is 0. The molecule has 1 saturated carbocycles. The summed E-state index contributed by atoms with van der Waals surface area (Å²) in [4.78, 5) is 9.53. The Balaban J connectivity index is 1.55. The van der Waals surface area contributed by atoms with Crippen LogP contribution in [0.1, 0.15) is 25.7 Å². The fourth-order valence-corrected chi connectivity index (χ4v) is 4.01. The summed E-state index contributed by atoms with van der Waals surface area (Å²) in [5.41, 5.74) is 1.88. The van der Waals surface area contributed by atoms with Gasteiger partial charge in [0.25, 0.3) is 0 Å². The van der Waals surface area contributed by atoms with Gasteiger partial charge in [-0.3, -0.25) is 0 Å². The molecule has 0 unspecified atom stereocenters. The lowest BCUT2D eigenvalue weighted by Gasteiger charge is -2.29.